The molecule has 32 heavy (non-hydrogen) atoms. The van der Waals surface area contributed by atoms with E-state index in [0.29, 0.717) is 11.9 Å². The van der Waals surface area contributed by atoms with Gasteiger partial charge in [-0.25, -0.2) is 9.97 Å². The van der Waals surface area contributed by atoms with Gasteiger partial charge in [-0.15, -0.1) is 0 Å². The van der Waals surface area contributed by atoms with Crippen molar-refractivity contribution in [3.05, 3.63) is 60.7 Å². The van der Waals surface area contributed by atoms with E-state index in [0.717, 1.165) is 28.9 Å². The van der Waals surface area contributed by atoms with E-state index in [1.807, 2.05) is 18.3 Å². The third-order valence-electron chi connectivity index (χ3n) is 5.96. The van der Waals surface area contributed by atoms with Gasteiger partial charge in [0.2, 0.25) is 0 Å². The van der Waals surface area contributed by atoms with Gasteiger partial charge >= 0.3 is 0 Å². The number of hydrogen-bond acceptors (Lipinski definition) is 6. The molecule has 1 saturated carbocycles. The Bertz CT molecular complexity index is 1190. The zero-order valence-electron chi connectivity index (χ0n) is 18.6. The maximum Gasteiger partial charge on any atom is 0.156 e. The molecule has 7 nitrogen and oxygen atoms in total. The second-order valence-corrected chi connectivity index (χ2v) is 9.12. The Morgan fingerprint density at radius 2 is 1.91 bits per heavy atom. The molecule has 1 aliphatic rings. The van der Waals surface area contributed by atoms with Gasteiger partial charge in [-0.05, 0) is 75.6 Å². The summed E-state index contributed by atoms with van der Waals surface area (Å²) >= 11 is 0. The second kappa shape index (κ2) is 9.22. The summed E-state index contributed by atoms with van der Waals surface area (Å²) in [4.78, 5) is 13.0. The molecule has 5 rings (SSSR count). The zero-order valence-corrected chi connectivity index (χ0v) is 18.6. The number of fused-ring (bicyclic) bond motifs is 2. The summed E-state index contributed by atoms with van der Waals surface area (Å²) in [6.07, 6.45) is 11.6. The van der Waals surface area contributed by atoms with Crippen LogP contribution in [0.5, 0.6) is 0 Å². The summed E-state index contributed by atoms with van der Waals surface area (Å²) < 4.78 is 2.30. The van der Waals surface area contributed by atoms with Crippen molar-refractivity contribution >= 4 is 27.8 Å². The number of pyridine rings is 1. The van der Waals surface area contributed by atoms with E-state index in [1.54, 1.807) is 6.33 Å². The average molecular weight is 434 g/mol. The van der Waals surface area contributed by atoms with Gasteiger partial charge in [-0.3, -0.25) is 4.98 Å². The van der Waals surface area contributed by atoms with Crippen molar-refractivity contribution in [3.63, 3.8) is 0 Å². The van der Waals surface area contributed by atoms with Crippen LogP contribution in [0.2, 0.25) is 0 Å². The molecule has 1 aromatic carbocycles. The molecule has 3 aromatic heterocycles. The largest absolute Gasteiger partial charge is 0.383 e. The fraction of sp³-hybridized carbons (Fsp3) is 0.400. The summed E-state index contributed by atoms with van der Waals surface area (Å²) in [7, 11) is 0. The Morgan fingerprint density at radius 1 is 1.09 bits per heavy atom. The number of nitrogens with two attached hydrogens (primary N) is 1. The number of nitrogens with zero attached hydrogens (tertiary/aromatic N) is 4. The highest BCUT2D eigenvalue weighted by Gasteiger charge is 2.27. The van der Waals surface area contributed by atoms with E-state index >= 15 is 0 Å². The molecule has 1 aliphatic carbocycles. The maximum absolute atomic E-state index is 8.08. The van der Waals surface area contributed by atoms with Crippen LogP contribution in [0, 0.1) is 5.92 Å². The quantitative estimate of drug-likeness (QED) is 0.415. The van der Waals surface area contributed by atoms with Crippen LogP contribution >= 0.6 is 0 Å². The minimum absolute atomic E-state index is 0.514. The second-order valence-electron chi connectivity index (χ2n) is 9.12. The van der Waals surface area contributed by atoms with Gasteiger partial charge in [0.05, 0.1) is 10.9 Å². The molecule has 168 valence electrons. The molecule has 3 heterocycles. The Morgan fingerprint density at radius 3 is 2.72 bits per heavy atom. The molecule has 0 radical (unpaired) electrons. The molecule has 0 amide bonds. The first-order valence-corrected chi connectivity index (χ1v) is 11.1. The fourth-order valence-corrected chi connectivity index (χ4v) is 4.49. The summed E-state index contributed by atoms with van der Waals surface area (Å²) in [5.74, 6) is -0.177. The number of aryl methyl sites for hydroxylation is 1. The lowest BCUT2D eigenvalue weighted by Gasteiger charge is -2.14. The summed E-state index contributed by atoms with van der Waals surface area (Å²) in [6, 6.07) is 13.3. The SMILES string of the molecule is CC(C)(O)O.Nc1ncnc2c1ccn2C1CCC(CCc2ccc3cccnc3c2)C1. The van der Waals surface area contributed by atoms with Crippen molar-refractivity contribution in [2.45, 2.75) is 57.8 Å². The molecule has 0 aliphatic heterocycles. The number of anilines is 1. The minimum atomic E-state index is -1.50. The van der Waals surface area contributed by atoms with Gasteiger partial charge in [0.15, 0.2) is 5.79 Å². The number of benzene rings is 1. The van der Waals surface area contributed by atoms with Crippen molar-refractivity contribution in [1.29, 1.82) is 0 Å². The third-order valence-corrected chi connectivity index (χ3v) is 5.96. The highest BCUT2D eigenvalue weighted by atomic mass is 16.5. The molecule has 4 N–H and O–H groups in total. The van der Waals surface area contributed by atoms with E-state index in [-0.39, 0.29) is 0 Å². The van der Waals surface area contributed by atoms with E-state index < -0.39 is 5.79 Å². The average Bonchev–Trinajstić information content (AvgIpc) is 3.38. The molecular weight excluding hydrogens is 402 g/mol. The van der Waals surface area contributed by atoms with Crippen LogP contribution in [0.25, 0.3) is 21.9 Å². The fourth-order valence-electron chi connectivity index (χ4n) is 4.49. The highest BCUT2D eigenvalue weighted by Crippen LogP contribution is 2.39. The van der Waals surface area contributed by atoms with Crippen LogP contribution in [0.3, 0.4) is 0 Å². The first-order valence-electron chi connectivity index (χ1n) is 11.1. The molecule has 4 aromatic rings. The highest BCUT2D eigenvalue weighted by molar-refractivity contribution is 5.86. The van der Waals surface area contributed by atoms with Crippen molar-refractivity contribution in [3.8, 4) is 0 Å². The van der Waals surface area contributed by atoms with E-state index in [4.69, 9.17) is 15.9 Å². The molecular formula is C25H31N5O2. The number of aromatic nitrogens is 4. The van der Waals surface area contributed by atoms with Gasteiger partial charge in [-0.1, -0.05) is 18.2 Å². The Balaban J connectivity index is 0.000000444. The van der Waals surface area contributed by atoms with Crippen molar-refractivity contribution in [2.24, 2.45) is 5.92 Å². The standard InChI is InChI=1S/C22H23N5.C3H8O2/c23-21-19-9-11-27(22(19)26-14-25-21)18-8-6-15(12-18)3-4-16-5-7-17-2-1-10-24-20(17)13-16;1-3(2,4)5/h1-2,5,7,9-11,13-15,18H,3-4,6,8,12H2,(H2,23,25,26);4-5H,1-2H3. The number of aliphatic hydroxyl groups is 2. The third kappa shape index (κ3) is 5.41. The lowest BCUT2D eigenvalue weighted by Crippen LogP contribution is -2.15. The van der Waals surface area contributed by atoms with E-state index in [1.165, 1.54) is 50.5 Å². The van der Waals surface area contributed by atoms with Gasteiger partial charge in [0.1, 0.15) is 17.8 Å². The van der Waals surface area contributed by atoms with Crippen molar-refractivity contribution in [1.82, 2.24) is 19.5 Å². The molecule has 0 spiro atoms. The predicted molar refractivity (Wildman–Crippen MR) is 127 cm³/mol. The summed E-state index contributed by atoms with van der Waals surface area (Å²) in [5, 5.41) is 18.3. The first-order chi connectivity index (χ1) is 15.3. The molecule has 7 heteroatoms. The minimum Gasteiger partial charge on any atom is -0.383 e. The van der Waals surface area contributed by atoms with Crippen LogP contribution in [0.1, 0.15) is 51.1 Å². The Hall–Kier alpha value is -3.03. The lowest BCUT2D eigenvalue weighted by atomic mass is 9.97. The summed E-state index contributed by atoms with van der Waals surface area (Å²) in [6.45, 7) is 2.60. The summed E-state index contributed by atoms with van der Waals surface area (Å²) in [5.41, 5.74) is 9.42. The zero-order chi connectivity index (χ0) is 22.7. The topological polar surface area (TPSA) is 110 Å². The van der Waals surface area contributed by atoms with Crippen molar-refractivity contribution < 1.29 is 10.2 Å². The van der Waals surface area contributed by atoms with Crippen LogP contribution in [0.4, 0.5) is 5.82 Å². The van der Waals surface area contributed by atoms with Crippen LogP contribution < -0.4 is 5.73 Å². The van der Waals surface area contributed by atoms with E-state index in [9.17, 15) is 0 Å². The predicted octanol–water partition coefficient (Wildman–Crippen LogP) is 4.24. The smallest absolute Gasteiger partial charge is 0.156 e. The van der Waals surface area contributed by atoms with Gasteiger partial charge in [0, 0.05) is 23.8 Å². The van der Waals surface area contributed by atoms with E-state index in [2.05, 4.69) is 50.0 Å². The number of rotatable bonds is 4. The number of hydrogen-bond donors (Lipinski definition) is 3. The Labute approximate surface area is 188 Å². The Kier molecular flexibility index (Phi) is 6.39. The number of nitrogen functional groups attached to an aromatic ring is 1. The lowest BCUT2D eigenvalue weighted by molar-refractivity contribution is -0.127. The van der Waals surface area contributed by atoms with Crippen LogP contribution in [-0.2, 0) is 6.42 Å². The monoisotopic (exact) mass is 433 g/mol. The van der Waals surface area contributed by atoms with Crippen molar-refractivity contribution in [2.75, 3.05) is 5.73 Å². The first kappa shape index (κ1) is 22.2. The van der Waals surface area contributed by atoms with Gasteiger partial charge < -0.3 is 20.5 Å². The van der Waals surface area contributed by atoms with Crippen LogP contribution in [-0.4, -0.2) is 35.5 Å². The van der Waals surface area contributed by atoms with Gasteiger partial charge in [-0.2, -0.15) is 0 Å². The molecule has 0 saturated heterocycles. The maximum atomic E-state index is 8.08. The van der Waals surface area contributed by atoms with Gasteiger partial charge in [0.25, 0.3) is 0 Å². The van der Waals surface area contributed by atoms with Crippen LogP contribution in [0.15, 0.2) is 55.1 Å². The normalized spacial score (nSPS) is 18.6. The molecule has 0 bridgehead atoms. The molecule has 2 unspecified atom stereocenters. The molecule has 2 atom stereocenters. The molecule has 1 fully saturated rings.